The highest BCUT2D eigenvalue weighted by molar-refractivity contribution is 8.13. The zero-order valence-corrected chi connectivity index (χ0v) is 9.63. The molecule has 1 heterocycles. The molecular formula is C7H9ClN2O4S. The van der Waals surface area contributed by atoms with E-state index in [1.54, 1.807) is 6.92 Å². The number of aromatic carboxylic acids is 1. The summed E-state index contributed by atoms with van der Waals surface area (Å²) >= 11 is 0. The number of halogens is 1. The molecule has 8 heteroatoms. The molecule has 0 amide bonds. The van der Waals surface area contributed by atoms with Crippen molar-refractivity contribution in [2.45, 2.75) is 18.2 Å². The van der Waals surface area contributed by atoms with Gasteiger partial charge in [-0.1, -0.05) is 6.92 Å². The van der Waals surface area contributed by atoms with Crippen LogP contribution >= 0.6 is 10.7 Å². The molecule has 84 valence electrons. The Morgan fingerprint density at radius 2 is 2.13 bits per heavy atom. The Labute approximate surface area is 90.9 Å². The average Bonchev–Trinajstić information content (AvgIpc) is 2.41. The summed E-state index contributed by atoms with van der Waals surface area (Å²) in [5.74, 6) is -1.41. The van der Waals surface area contributed by atoms with Gasteiger partial charge in [-0.2, -0.15) is 5.10 Å². The summed E-state index contributed by atoms with van der Waals surface area (Å²) in [6, 6.07) is 0. The molecule has 0 saturated heterocycles. The van der Waals surface area contributed by atoms with Gasteiger partial charge in [0, 0.05) is 17.7 Å². The van der Waals surface area contributed by atoms with E-state index in [1.807, 2.05) is 0 Å². The minimum atomic E-state index is -4.09. The van der Waals surface area contributed by atoms with Crippen LogP contribution in [0.1, 0.15) is 23.1 Å². The molecule has 15 heavy (non-hydrogen) atoms. The predicted molar refractivity (Wildman–Crippen MR) is 52.6 cm³/mol. The molecule has 0 bridgehead atoms. The zero-order valence-electron chi connectivity index (χ0n) is 8.06. The molecule has 0 aliphatic carbocycles. The topological polar surface area (TPSA) is 89.3 Å². The second-order valence-electron chi connectivity index (χ2n) is 2.84. The van der Waals surface area contributed by atoms with Gasteiger partial charge in [0.2, 0.25) is 0 Å². The van der Waals surface area contributed by atoms with Crippen molar-refractivity contribution < 1.29 is 18.3 Å². The van der Waals surface area contributed by atoms with Gasteiger partial charge in [0.25, 0.3) is 9.05 Å². The molecule has 0 aliphatic rings. The molecule has 0 saturated carbocycles. The normalized spacial score (nSPS) is 11.7. The van der Waals surface area contributed by atoms with E-state index < -0.39 is 25.6 Å². The van der Waals surface area contributed by atoms with Crippen LogP contribution in [0, 0.1) is 0 Å². The van der Waals surface area contributed by atoms with Gasteiger partial charge in [-0.3, -0.25) is 4.68 Å². The maximum absolute atomic E-state index is 11.2. The van der Waals surface area contributed by atoms with Crippen LogP contribution in [0.25, 0.3) is 0 Å². The van der Waals surface area contributed by atoms with Crippen LogP contribution in [0.2, 0.25) is 0 Å². The average molecular weight is 253 g/mol. The second kappa shape index (κ2) is 3.82. The van der Waals surface area contributed by atoms with Crippen LogP contribution < -0.4 is 0 Å². The molecule has 0 fully saturated rings. The van der Waals surface area contributed by atoms with E-state index in [2.05, 4.69) is 5.10 Å². The number of hydrogen-bond donors (Lipinski definition) is 1. The largest absolute Gasteiger partial charge is 0.476 e. The standard InChI is InChI=1S/C7H9ClN2O4S/c1-3-4-6(15(8,13)14)5(7(11)12)9-10(4)2/h3H2,1-2H3,(H,11,12). The fraction of sp³-hybridized carbons (Fsp3) is 0.429. The van der Waals surface area contributed by atoms with E-state index in [0.29, 0.717) is 6.42 Å². The molecule has 0 radical (unpaired) electrons. The number of rotatable bonds is 3. The Morgan fingerprint density at radius 3 is 2.47 bits per heavy atom. The molecule has 1 N–H and O–H groups in total. The smallest absolute Gasteiger partial charge is 0.357 e. The first kappa shape index (κ1) is 12.0. The lowest BCUT2D eigenvalue weighted by Gasteiger charge is -1.99. The summed E-state index contributed by atoms with van der Waals surface area (Å²) < 4.78 is 23.6. The molecule has 0 aromatic carbocycles. The lowest BCUT2D eigenvalue weighted by molar-refractivity contribution is 0.0685. The second-order valence-corrected chi connectivity index (χ2v) is 5.35. The van der Waals surface area contributed by atoms with Crippen molar-refractivity contribution in [2.24, 2.45) is 7.05 Å². The molecule has 1 rings (SSSR count). The Hall–Kier alpha value is -1.08. The lowest BCUT2D eigenvalue weighted by atomic mass is 10.3. The Morgan fingerprint density at radius 1 is 1.60 bits per heavy atom. The number of aromatic nitrogens is 2. The number of hydrogen-bond acceptors (Lipinski definition) is 4. The first-order valence-electron chi connectivity index (χ1n) is 4.02. The van der Waals surface area contributed by atoms with Crippen molar-refractivity contribution in [3.05, 3.63) is 11.4 Å². The van der Waals surface area contributed by atoms with Crippen molar-refractivity contribution in [2.75, 3.05) is 0 Å². The number of aryl methyl sites for hydroxylation is 1. The monoisotopic (exact) mass is 252 g/mol. The van der Waals surface area contributed by atoms with Crippen molar-refractivity contribution >= 4 is 25.7 Å². The molecule has 0 aliphatic heterocycles. The molecule has 1 aromatic heterocycles. The number of nitrogens with zero attached hydrogens (tertiary/aromatic N) is 2. The molecule has 1 aromatic rings. The third kappa shape index (κ3) is 2.13. The van der Waals surface area contributed by atoms with Gasteiger partial charge >= 0.3 is 5.97 Å². The van der Waals surface area contributed by atoms with E-state index in [9.17, 15) is 13.2 Å². The first-order valence-corrected chi connectivity index (χ1v) is 6.33. The highest BCUT2D eigenvalue weighted by Gasteiger charge is 2.29. The van der Waals surface area contributed by atoms with E-state index in [0.717, 1.165) is 0 Å². The fourth-order valence-corrected chi connectivity index (χ4v) is 2.73. The summed E-state index contributed by atoms with van der Waals surface area (Å²) in [6.45, 7) is 1.69. The number of carboxylic acid groups (broad SMARTS) is 1. The third-order valence-corrected chi connectivity index (χ3v) is 3.28. The van der Waals surface area contributed by atoms with Gasteiger partial charge < -0.3 is 5.11 Å². The van der Waals surface area contributed by atoms with Gasteiger partial charge in [-0.05, 0) is 6.42 Å². The van der Waals surface area contributed by atoms with Gasteiger partial charge in [-0.15, -0.1) is 0 Å². The summed E-state index contributed by atoms with van der Waals surface area (Å²) in [5.41, 5.74) is -0.258. The van der Waals surface area contributed by atoms with Crippen molar-refractivity contribution in [3.8, 4) is 0 Å². The van der Waals surface area contributed by atoms with E-state index in [1.165, 1.54) is 11.7 Å². The zero-order chi connectivity index (χ0) is 11.8. The Bertz CT molecular complexity index is 505. The number of carboxylic acids is 1. The van der Waals surface area contributed by atoms with Crippen LogP contribution in [-0.2, 0) is 22.5 Å². The van der Waals surface area contributed by atoms with Gasteiger partial charge in [0.05, 0.1) is 5.69 Å². The molecule has 0 atom stereocenters. The fourth-order valence-electron chi connectivity index (χ4n) is 1.32. The summed E-state index contributed by atoms with van der Waals surface area (Å²) in [4.78, 5) is 10.3. The minimum absolute atomic E-state index is 0.280. The van der Waals surface area contributed by atoms with Crippen LogP contribution in [0.15, 0.2) is 4.90 Å². The SMILES string of the molecule is CCc1c(S(=O)(=O)Cl)c(C(=O)O)nn1C. The molecular weight excluding hydrogens is 244 g/mol. The van der Waals surface area contributed by atoms with Crippen molar-refractivity contribution in [3.63, 3.8) is 0 Å². The maximum Gasteiger partial charge on any atom is 0.357 e. The van der Waals surface area contributed by atoms with Gasteiger partial charge in [0.1, 0.15) is 4.90 Å². The Balaban J connectivity index is 3.64. The summed E-state index contributed by atoms with van der Waals surface area (Å²) in [7, 11) is 2.54. The highest BCUT2D eigenvalue weighted by Crippen LogP contribution is 2.24. The molecule has 6 nitrogen and oxygen atoms in total. The minimum Gasteiger partial charge on any atom is -0.476 e. The third-order valence-electron chi connectivity index (χ3n) is 1.90. The van der Waals surface area contributed by atoms with Crippen LogP contribution in [-0.4, -0.2) is 29.3 Å². The highest BCUT2D eigenvalue weighted by atomic mass is 35.7. The molecule has 0 spiro atoms. The van der Waals surface area contributed by atoms with Gasteiger partial charge in [0.15, 0.2) is 5.69 Å². The first-order chi connectivity index (χ1) is 6.79. The van der Waals surface area contributed by atoms with E-state index in [-0.39, 0.29) is 5.69 Å². The maximum atomic E-state index is 11.2. The quantitative estimate of drug-likeness (QED) is 0.796. The van der Waals surface area contributed by atoms with Crippen molar-refractivity contribution in [1.29, 1.82) is 0 Å². The van der Waals surface area contributed by atoms with Crippen molar-refractivity contribution in [1.82, 2.24) is 9.78 Å². The van der Waals surface area contributed by atoms with Crippen LogP contribution in [0.5, 0.6) is 0 Å². The number of carbonyl (C=O) groups is 1. The summed E-state index contributed by atoms with van der Waals surface area (Å²) in [5, 5.41) is 12.4. The lowest BCUT2D eigenvalue weighted by Crippen LogP contribution is -2.04. The summed E-state index contributed by atoms with van der Waals surface area (Å²) in [6.07, 6.45) is 0.331. The van der Waals surface area contributed by atoms with Crippen LogP contribution in [0.3, 0.4) is 0 Å². The molecule has 0 unspecified atom stereocenters. The van der Waals surface area contributed by atoms with Gasteiger partial charge in [-0.25, -0.2) is 13.2 Å². The predicted octanol–water partition coefficient (Wildman–Crippen LogP) is 0.608. The van der Waals surface area contributed by atoms with Crippen LogP contribution in [0.4, 0.5) is 0 Å². The Kier molecular flexibility index (Phi) is 3.05. The van der Waals surface area contributed by atoms with E-state index >= 15 is 0 Å². The van der Waals surface area contributed by atoms with E-state index in [4.69, 9.17) is 15.8 Å².